The van der Waals surface area contributed by atoms with Crippen molar-refractivity contribution >= 4 is 17.4 Å². The lowest BCUT2D eigenvalue weighted by Crippen LogP contribution is -2.34. The maximum atomic E-state index is 12.1. The monoisotopic (exact) mass is 289 g/mol. The van der Waals surface area contributed by atoms with Gasteiger partial charge in [0.15, 0.2) is 0 Å². The summed E-state index contributed by atoms with van der Waals surface area (Å²) in [7, 11) is 0. The summed E-state index contributed by atoms with van der Waals surface area (Å²) in [6, 6.07) is 3.97. The van der Waals surface area contributed by atoms with E-state index in [1.54, 1.807) is 6.20 Å². The van der Waals surface area contributed by atoms with Crippen LogP contribution in [0.2, 0.25) is 0 Å². The van der Waals surface area contributed by atoms with Gasteiger partial charge in [-0.1, -0.05) is 20.8 Å². The minimum Gasteiger partial charge on any atom is -0.356 e. The molecule has 4 nitrogen and oxygen atoms in total. The molecular formula is C17H27N3O. The van der Waals surface area contributed by atoms with Crippen LogP contribution in [0.25, 0.3) is 0 Å². The number of amides is 1. The molecule has 21 heavy (non-hydrogen) atoms. The molecule has 2 rings (SSSR count). The largest absolute Gasteiger partial charge is 0.356 e. The van der Waals surface area contributed by atoms with Crippen molar-refractivity contribution < 1.29 is 4.79 Å². The molecule has 4 heteroatoms. The van der Waals surface area contributed by atoms with E-state index in [-0.39, 0.29) is 11.8 Å². The molecule has 1 aromatic heterocycles. The summed E-state index contributed by atoms with van der Waals surface area (Å²) < 4.78 is 0. The van der Waals surface area contributed by atoms with Gasteiger partial charge in [0.05, 0.1) is 11.9 Å². The van der Waals surface area contributed by atoms with Gasteiger partial charge in [0.2, 0.25) is 5.91 Å². The molecule has 1 amide bonds. The van der Waals surface area contributed by atoms with Crippen LogP contribution < -0.4 is 10.2 Å². The number of rotatable bonds is 5. The Morgan fingerprint density at radius 1 is 1.43 bits per heavy atom. The van der Waals surface area contributed by atoms with Gasteiger partial charge in [-0.25, -0.2) is 4.98 Å². The van der Waals surface area contributed by atoms with Crippen LogP contribution in [-0.2, 0) is 4.79 Å². The van der Waals surface area contributed by atoms with Crippen molar-refractivity contribution in [2.24, 2.45) is 11.8 Å². The van der Waals surface area contributed by atoms with E-state index in [4.69, 9.17) is 0 Å². The van der Waals surface area contributed by atoms with Crippen molar-refractivity contribution in [1.29, 1.82) is 0 Å². The number of hydrogen-bond donors (Lipinski definition) is 1. The van der Waals surface area contributed by atoms with Gasteiger partial charge in [0.25, 0.3) is 0 Å². The minimum absolute atomic E-state index is 0.0904. The van der Waals surface area contributed by atoms with Gasteiger partial charge >= 0.3 is 0 Å². The first-order valence-corrected chi connectivity index (χ1v) is 8.15. The number of pyridine rings is 1. The predicted octanol–water partition coefficient (Wildman–Crippen LogP) is 3.69. The summed E-state index contributed by atoms with van der Waals surface area (Å²) in [5, 5.41) is 2.96. The molecule has 1 aromatic rings. The second kappa shape index (κ2) is 7.43. The zero-order chi connectivity index (χ0) is 15.2. The van der Waals surface area contributed by atoms with Crippen LogP contribution in [0.5, 0.6) is 0 Å². The highest BCUT2D eigenvalue weighted by atomic mass is 16.1. The Morgan fingerprint density at radius 2 is 2.19 bits per heavy atom. The first-order valence-electron chi connectivity index (χ1n) is 8.15. The first-order chi connectivity index (χ1) is 10.1. The normalized spacial score (nSPS) is 18.9. The Hall–Kier alpha value is -1.58. The average Bonchev–Trinajstić information content (AvgIpc) is 2.49. The third-order valence-electron chi connectivity index (χ3n) is 4.35. The van der Waals surface area contributed by atoms with E-state index >= 15 is 0 Å². The van der Waals surface area contributed by atoms with Crippen LogP contribution in [-0.4, -0.2) is 24.0 Å². The second-order valence-corrected chi connectivity index (χ2v) is 6.10. The Bertz CT molecular complexity index is 454. The van der Waals surface area contributed by atoms with Gasteiger partial charge in [0, 0.05) is 19.0 Å². The molecule has 0 spiro atoms. The number of nitrogens with one attached hydrogen (secondary N) is 1. The fourth-order valence-corrected chi connectivity index (χ4v) is 2.95. The van der Waals surface area contributed by atoms with Gasteiger partial charge in [-0.2, -0.15) is 0 Å². The molecule has 0 aromatic carbocycles. The maximum Gasteiger partial charge on any atom is 0.227 e. The van der Waals surface area contributed by atoms with E-state index in [0.29, 0.717) is 0 Å². The van der Waals surface area contributed by atoms with Crippen molar-refractivity contribution in [2.75, 3.05) is 23.3 Å². The molecule has 0 saturated carbocycles. The zero-order valence-corrected chi connectivity index (χ0v) is 13.4. The summed E-state index contributed by atoms with van der Waals surface area (Å²) in [6.07, 6.45) is 6.06. The Balaban J connectivity index is 1.97. The molecule has 116 valence electrons. The lowest BCUT2D eigenvalue weighted by Gasteiger charge is -2.31. The van der Waals surface area contributed by atoms with Gasteiger partial charge in [0.1, 0.15) is 5.82 Å². The smallest absolute Gasteiger partial charge is 0.227 e. The highest BCUT2D eigenvalue weighted by molar-refractivity contribution is 5.92. The molecule has 1 aliphatic heterocycles. The third kappa shape index (κ3) is 4.19. The first kappa shape index (κ1) is 15.8. The van der Waals surface area contributed by atoms with E-state index in [1.807, 2.05) is 26.0 Å². The highest BCUT2D eigenvalue weighted by Crippen LogP contribution is 2.22. The number of nitrogens with zero attached hydrogens (tertiary/aromatic N) is 2. The lowest BCUT2D eigenvalue weighted by molar-refractivity contribution is -0.120. The number of carbonyl (C=O) groups excluding carboxylic acids is 1. The number of carbonyl (C=O) groups is 1. The van der Waals surface area contributed by atoms with Crippen molar-refractivity contribution in [2.45, 2.75) is 46.5 Å². The second-order valence-electron chi connectivity index (χ2n) is 6.10. The number of anilines is 2. The van der Waals surface area contributed by atoms with Crippen molar-refractivity contribution in [3.63, 3.8) is 0 Å². The fourth-order valence-electron chi connectivity index (χ4n) is 2.95. The standard InChI is InChI=1S/C17H27N3O/c1-4-14(5-2)17(21)19-15-8-9-16(18-11-15)20-10-6-7-13(3)12-20/h8-9,11,13-14H,4-7,10,12H2,1-3H3,(H,19,21). The van der Waals surface area contributed by atoms with Gasteiger partial charge in [-0.15, -0.1) is 0 Å². The van der Waals surface area contributed by atoms with Crippen molar-refractivity contribution in [3.8, 4) is 0 Å². The topological polar surface area (TPSA) is 45.2 Å². The van der Waals surface area contributed by atoms with Gasteiger partial charge in [-0.05, 0) is 43.7 Å². The van der Waals surface area contributed by atoms with E-state index in [9.17, 15) is 4.79 Å². The summed E-state index contributed by atoms with van der Waals surface area (Å²) in [5.74, 6) is 1.94. The van der Waals surface area contributed by atoms with E-state index in [2.05, 4.69) is 22.1 Å². The molecule has 2 heterocycles. The summed E-state index contributed by atoms with van der Waals surface area (Å²) in [4.78, 5) is 18.9. The Labute approximate surface area is 127 Å². The molecule has 1 fully saturated rings. The quantitative estimate of drug-likeness (QED) is 0.899. The Kier molecular flexibility index (Phi) is 5.59. The predicted molar refractivity (Wildman–Crippen MR) is 87.5 cm³/mol. The average molecular weight is 289 g/mol. The Morgan fingerprint density at radius 3 is 2.76 bits per heavy atom. The van der Waals surface area contributed by atoms with Crippen LogP contribution in [0, 0.1) is 11.8 Å². The summed E-state index contributed by atoms with van der Waals surface area (Å²) in [5.41, 5.74) is 0.792. The molecule has 1 saturated heterocycles. The third-order valence-corrected chi connectivity index (χ3v) is 4.35. The summed E-state index contributed by atoms with van der Waals surface area (Å²) in [6.45, 7) is 8.54. The molecule has 0 aliphatic carbocycles. The van der Waals surface area contributed by atoms with Crippen LogP contribution in [0.4, 0.5) is 11.5 Å². The lowest BCUT2D eigenvalue weighted by atomic mass is 10.0. The molecule has 1 N–H and O–H groups in total. The van der Waals surface area contributed by atoms with Crippen LogP contribution >= 0.6 is 0 Å². The molecule has 1 unspecified atom stereocenters. The van der Waals surface area contributed by atoms with Crippen LogP contribution in [0.15, 0.2) is 18.3 Å². The van der Waals surface area contributed by atoms with Crippen molar-refractivity contribution in [3.05, 3.63) is 18.3 Å². The highest BCUT2D eigenvalue weighted by Gasteiger charge is 2.18. The molecular weight excluding hydrogens is 262 g/mol. The van der Waals surface area contributed by atoms with E-state index in [1.165, 1.54) is 12.8 Å². The van der Waals surface area contributed by atoms with E-state index in [0.717, 1.165) is 43.4 Å². The minimum atomic E-state index is 0.0904. The number of hydrogen-bond acceptors (Lipinski definition) is 3. The molecule has 0 radical (unpaired) electrons. The maximum absolute atomic E-state index is 12.1. The van der Waals surface area contributed by atoms with Gasteiger partial charge in [-0.3, -0.25) is 4.79 Å². The molecule has 0 bridgehead atoms. The van der Waals surface area contributed by atoms with Crippen LogP contribution in [0.1, 0.15) is 46.5 Å². The van der Waals surface area contributed by atoms with Crippen molar-refractivity contribution in [1.82, 2.24) is 4.98 Å². The number of piperidine rings is 1. The van der Waals surface area contributed by atoms with Crippen LogP contribution in [0.3, 0.4) is 0 Å². The van der Waals surface area contributed by atoms with E-state index < -0.39 is 0 Å². The zero-order valence-electron chi connectivity index (χ0n) is 13.4. The fraction of sp³-hybridized carbons (Fsp3) is 0.647. The molecule has 1 aliphatic rings. The molecule has 1 atom stereocenters. The SMILES string of the molecule is CCC(CC)C(=O)Nc1ccc(N2CCCC(C)C2)nc1. The number of aromatic nitrogens is 1. The van der Waals surface area contributed by atoms with Gasteiger partial charge < -0.3 is 10.2 Å². The summed E-state index contributed by atoms with van der Waals surface area (Å²) >= 11 is 0.